The molecule has 0 aliphatic heterocycles. The summed E-state index contributed by atoms with van der Waals surface area (Å²) in [5, 5.41) is 13.6. The first-order valence-electron chi connectivity index (χ1n) is 15.2. The minimum Gasteiger partial charge on any atom is -0.744 e. The Hall–Kier alpha value is -1.54. The molecule has 6 N–H and O–H groups in total. The number of nitrogens with zero attached hydrogens (tertiary/aromatic N) is 5. The molecule has 0 atom stereocenters. The molecule has 0 aliphatic carbocycles. The van der Waals surface area contributed by atoms with Crippen LogP contribution >= 0.6 is 11.6 Å². The van der Waals surface area contributed by atoms with Crippen molar-refractivity contribution in [2.24, 2.45) is 16.0 Å². The molecule has 2 amide bonds. The number of carbonyl (C=O) groups is 1. The van der Waals surface area contributed by atoms with E-state index >= 15 is 0 Å². The Kier molecular flexibility index (Phi) is 22.1. The molecular weight excluding hydrogens is 1010 g/mol. The van der Waals surface area contributed by atoms with Crippen molar-refractivity contribution in [1.82, 2.24) is 15.0 Å². The number of azo groups is 1. The van der Waals surface area contributed by atoms with Gasteiger partial charge in [0.1, 0.15) is 41.7 Å². The molecule has 0 spiro atoms. The summed E-state index contributed by atoms with van der Waals surface area (Å²) in [6, 6.07) is 9.50. The Morgan fingerprint density at radius 3 is 1.81 bits per heavy atom. The number of amides is 2. The minimum atomic E-state index is -5.53. The topological polar surface area (TPSA) is 412 Å². The monoisotopic (exact) mass is 1030 g/mol. The smallest absolute Gasteiger partial charge is 0.744 e. The van der Waals surface area contributed by atoms with Crippen LogP contribution < -0.4 is 140 Å². The van der Waals surface area contributed by atoms with Gasteiger partial charge >= 0.3 is 135 Å². The summed E-state index contributed by atoms with van der Waals surface area (Å²) in [5.41, 5.74) is 4.13. The number of sulfone groups is 1. The van der Waals surface area contributed by atoms with E-state index in [4.69, 9.17) is 21.9 Å². The Morgan fingerprint density at radius 2 is 1.27 bits per heavy atom. The first-order chi connectivity index (χ1) is 27.2. The zero-order valence-electron chi connectivity index (χ0n) is 32.6. The van der Waals surface area contributed by atoms with E-state index in [1.165, 1.54) is 30.3 Å². The summed E-state index contributed by atoms with van der Waals surface area (Å²) in [6.07, 6.45) is 0. The Morgan fingerprint density at radius 1 is 0.698 bits per heavy atom. The van der Waals surface area contributed by atoms with E-state index in [0.717, 1.165) is 12.1 Å². The molecule has 35 heteroatoms. The van der Waals surface area contributed by atoms with Gasteiger partial charge in [0.05, 0.1) is 37.6 Å². The van der Waals surface area contributed by atoms with E-state index in [2.05, 4.69) is 45.3 Å². The Balaban J connectivity index is 0.00000496. The van der Waals surface area contributed by atoms with Crippen LogP contribution in [0.2, 0.25) is 5.28 Å². The van der Waals surface area contributed by atoms with Gasteiger partial charge in [-0.05, 0) is 77.7 Å². The molecule has 0 saturated heterocycles. The molecule has 0 aliphatic rings. The maximum Gasteiger partial charge on any atom is 1.00 e. The first-order valence-corrected chi connectivity index (χ1v) is 22.8. The maximum absolute atomic E-state index is 12.7. The number of anilines is 5. The van der Waals surface area contributed by atoms with Gasteiger partial charge in [-0.1, -0.05) is 6.07 Å². The molecule has 1 heterocycles. The Bertz CT molecular complexity index is 3160. The number of hydrogen-bond acceptors (Lipinski definition) is 22. The van der Waals surface area contributed by atoms with Gasteiger partial charge in [0.2, 0.25) is 17.2 Å². The van der Waals surface area contributed by atoms with Gasteiger partial charge in [0, 0.05) is 16.8 Å². The van der Waals surface area contributed by atoms with E-state index in [1.54, 1.807) is 0 Å². The summed E-state index contributed by atoms with van der Waals surface area (Å²) in [6.45, 7) is -0.865. The van der Waals surface area contributed by atoms with E-state index in [9.17, 15) is 60.5 Å². The molecule has 0 saturated carbocycles. The number of rotatable bonds is 15. The number of primary amides is 1. The van der Waals surface area contributed by atoms with Gasteiger partial charge < -0.3 is 35.3 Å². The van der Waals surface area contributed by atoms with E-state index < -0.39 is 100 Å². The first kappa shape index (κ1) is 59.5. The molecule has 25 nitrogen and oxygen atoms in total. The molecule has 314 valence electrons. The van der Waals surface area contributed by atoms with Crippen LogP contribution in [0.1, 0.15) is 0 Å². The largest absolute Gasteiger partial charge is 1.00 e. The van der Waals surface area contributed by atoms with Crippen molar-refractivity contribution in [2.75, 3.05) is 28.3 Å². The molecule has 0 radical (unpaired) electrons. The number of benzene rings is 4. The number of fused-ring (bicyclic) bond motifs is 1. The average molecular weight is 1030 g/mol. The molecule has 4 aromatic carbocycles. The van der Waals surface area contributed by atoms with Gasteiger partial charge in [-0.25, -0.2) is 42.6 Å². The average Bonchev–Trinajstić information content (AvgIpc) is 3.08. The number of halogens is 1. The fraction of sp³-hybridized carbons (Fsp3) is 0.0714. The number of nitrogens with two attached hydrogens (primary N) is 1. The molecule has 5 rings (SSSR count). The summed E-state index contributed by atoms with van der Waals surface area (Å²) in [5.74, 6) is -1.27. The number of urea groups is 1. The zero-order valence-corrected chi connectivity index (χ0v) is 45.4. The van der Waals surface area contributed by atoms with Crippen LogP contribution in [0.3, 0.4) is 0 Å². The van der Waals surface area contributed by atoms with E-state index in [0.29, 0.717) is 18.2 Å². The van der Waals surface area contributed by atoms with Crippen LogP contribution in [0.25, 0.3) is 10.8 Å². The Labute approximate surface area is 451 Å². The van der Waals surface area contributed by atoms with E-state index in [1.807, 2.05) is 0 Å². The van der Waals surface area contributed by atoms with Crippen molar-refractivity contribution in [3.63, 3.8) is 0 Å². The molecule has 0 bridgehead atoms. The SMILES string of the molecule is NC(=O)Nc1cc(Nc2nc(Cl)nc(Nc3cccc(S(=O)(=O)CCOS(=O)(=O)O)c3)n2)ccc1N=Nc1cc2c(S(=O)(=O)[O-])cc(S(=O)(=O)[O-])cc2cc1S(=O)(=O)[O-].[Na+].[Na+].[Na+].[Na+]. The fourth-order valence-corrected chi connectivity index (χ4v) is 8.49. The molecular formula is C28H21ClN9Na4O16S5+. The summed E-state index contributed by atoms with van der Waals surface area (Å²) in [7, 11) is -25.4. The second-order valence-electron chi connectivity index (χ2n) is 11.3. The predicted molar refractivity (Wildman–Crippen MR) is 199 cm³/mol. The third-order valence-corrected chi connectivity index (χ3v) is 12.1. The quantitative estimate of drug-likeness (QED) is 0.0369. The molecule has 5 aromatic rings. The van der Waals surface area contributed by atoms with Crippen molar-refractivity contribution >= 4 is 119 Å². The second-order valence-corrected chi connectivity index (χ2v) is 19.0. The van der Waals surface area contributed by atoms with Crippen LogP contribution in [-0.4, -0.2) is 93.6 Å². The third-order valence-electron chi connectivity index (χ3n) is 7.21. The molecule has 0 unspecified atom stereocenters. The zero-order chi connectivity index (χ0) is 43.7. The second kappa shape index (κ2) is 23.5. The number of carbonyl (C=O) groups excluding carboxylic acids is 1. The number of aromatic nitrogens is 3. The molecule has 1 aromatic heterocycles. The van der Waals surface area contributed by atoms with Gasteiger partial charge in [-0.2, -0.15) is 23.4 Å². The standard InChI is InChI=1S/C28H24ClN9O16S5.4Na/c29-25-34-27(31-15-2-1-3-17(10-15)55(40,41)7-6-54-59(51,52)53)36-28(35-25)32-16-4-5-20(21(11-16)33-26(30)39)37-38-22-13-19-14(9-24(22)58(48,49)50)8-18(56(42,43)44)12-23(19)57(45,46)47;;;;/h1-5,8-13H,6-7H2,(H3,30,33,39)(H,42,43,44)(H,45,46,47)(H,48,49,50)(H,51,52,53)(H2,31,32,34,35,36);;;;/q;4*+1/p-3. The van der Waals surface area contributed by atoms with Crippen LogP contribution in [0.15, 0.2) is 96.5 Å². The summed E-state index contributed by atoms with van der Waals surface area (Å²) < 4.78 is 167. The number of nitrogens with one attached hydrogen (secondary N) is 3. The van der Waals surface area contributed by atoms with Gasteiger partial charge in [0.15, 0.2) is 9.84 Å². The molecule has 63 heavy (non-hydrogen) atoms. The van der Waals surface area contributed by atoms with Crippen LogP contribution in [0.5, 0.6) is 0 Å². The van der Waals surface area contributed by atoms with Crippen LogP contribution in [0, 0.1) is 0 Å². The van der Waals surface area contributed by atoms with Crippen molar-refractivity contribution < 1.29 is 188 Å². The van der Waals surface area contributed by atoms with Crippen LogP contribution in [0.4, 0.5) is 45.1 Å². The van der Waals surface area contributed by atoms with Gasteiger partial charge in [-0.15, -0.1) is 10.2 Å². The van der Waals surface area contributed by atoms with Crippen molar-refractivity contribution in [2.45, 2.75) is 19.6 Å². The predicted octanol–water partition coefficient (Wildman–Crippen LogP) is -9.61. The van der Waals surface area contributed by atoms with Crippen molar-refractivity contribution in [3.8, 4) is 0 Å². The summed E-state index contributed by atoms with van der Waals surface area (Å²) >= 11 is 6.07. The maximum atomic E-state index is 12.7. The normalized spacial score (nSPS) is 12.0. The van der Waals surface area contributed by atoms with E-state index in [-0.39, 0.29) is 169 Å². The number of hydrogen-bond donors (Lipinski definition) is 5. The van der Waals surface area contributed by atoms with Crippen molar-refractivity contribution in [1.29, 1.82) is 0 Å². The molecule has 0 fully saturated rings. The van der Waals surface area contributed by atoms with Crippen LogP contribution in [-0.2, 0) is 54.8 Å². The van der Waals surface area contributed by atoms with Gasteiger partial charge in [-0.3, -0.25) is 4.55 Å². The van der Waals surface area contributed by atoms with Gasteiger partial charge in [0.25, 0.3) is 0 Å². The summed E-state index contributed by atoms with van der Waals surface area (Å²) in [4.78, 5) is 19.9. The minimum absolute atomic E-state index is 0. The third kappa shape index (κ3) is 16.9. The fourth-order valence-electron chi connectivity index (χ4n) is 4.84. The van der Waals surface area contributed by atoms with Crippen molar-refractivity contribution in [3.05, 3.63) is 72.0 Å².